The molecule has 5 nitrogen and oxygen atoms in total. The van der Waals surface area contributed by atoms with Gasteiger partial charge < -0.3 is 6.53 Å². The van der Waals surface area contributed by atoms with Crippen molar-refractivity contribution in [2.75, 3.05) is 19.0 Å². The summed E-state index contributed by atoms with van der Waals surface area (Å²) < 4.78 is 24.9. The second-order valence-electron chi connectivity index (χ2n) is 1.69. The van der Waals surface area contributed by atoms with E-state index in [1.807, 2.05) is 0 Å². The molecular formula is C3H8LiNO4S. The molecule has 1 rings (SSSR count). The van der Waals surface area contributed by atoms with Gasteiger partial charge in [-0.2, -0.15) is 17.8 Å². The Morgan fingerprint density at radius 1 is 1.60 bits per heavy atom. The maximum Gasteiger partial charge on any atom is 1.00 e. The quantitative estimate of drug-likeness (QED) is 0.334. The molecule has 0 saturated carbocycles. The molecule has 0 spiro atoms. The van der Waals surface area contributed by atoms with Gasteiger partial charge in [-0.3, -0.25) is 0 Å². The van der Waals surface area contributed by atoms with E-state index in [1.54, 1.807) is 0 Å². The van der Waals surface area contributed by atoms with Gasteiger partial charge in [0.1, 0.15) is 0 Å². The predicted molar refractivity (Wildman–Crippen MR) is 29.8 cm³/mol. The third-order valence-electron chi connectivity index (χ3n) is 0.783. The summed E-state index contributed by atoms with van der Waals surface area (Å²) in [6.07, 6.45) is 0. The third kappa shape index (κ3) is 3.56. The van der Waals surface area contributed by atoms with Crippen molar-refractivity contribution >= 4 is 10.1 Å². The molecule has 0 aromatic heterocycles. The van der Waals surface area contributed by atoms with Crippen LogP contribution in [0.1, 0.15) is 1.43 Å². The minimum atomic E-state index is -3.67. The third-order valence-corrected chi connectivity index (χ3v) is 1.54. The van der Waals surface area contributed by atoms with E-state index in [0.717, 1.165) is 0 Å². The smallest absolute Gasteiger partial charge is 1.00 e. The van der Waals surface area contributed by atoms with E-state index in [2.05, 4.69) is 4.28 Å². The molecule has 0 aromatic rings. The number of nitrogens with zero attached hydrogens (tertiary/aromatic N) is 1. The van der Waals surface area contributed by atoms with Gasteiger partial charge in [0.2, 0.25) is 0 Å². The first-order valence-electron chi connectivity index (χ1n) is 2.42. The number of hydrogen-bond acceptors (Lipinski definition) is 5. The zero-order valence-electron chi connectivity index (χ0n) is 6.65. The van der Waals surface area contributed by atoms with Crippen LogP contribution in [0.2, 0.25) is 0 Å². The van der Waals surface area contributed by atoms with Gasteiger partial charge in [0, 0.05) is 13.1 Å². The molecule has 10 heavy (non-hydrogen) atoms. The Hall–Kier alpha value is 0.427. The molecule has 1 fully saturated rings. The SMILES string of the molecule is O=S(=O)(CO)ON1CC1.[H-].[Li+]. The van der Waals surface area contributed by atoms with Crippen LogP contribution in [0.3, 0.4) is 0 Å². The van der Waals surface area contributed by atoms with Crippen molar-refractivity contribution in [2.45, 2.75) is 0 Å². The molecule has 1 aliphatic rings. The van der Waals surface area contributed by atoms with Crippen molar-refractivity contribution < 1.29 is 38.1 Å². The summed E-state index contributed by atoms with van der Waals surface area (Å²) in [6.45, 7) is 1.25. The molecule has 1 N–H and O–H groups in total. The normalized spacial score (nSPS) is 18.1. The fourth-order valence-corrected chi connectivity index (χ4v) is 0.817. The molecule has 1 aliphatic heterocycles. The van der Waals surface area contributed by atoms with E-state index in [4.69, 9.17) is 5.11 Å². The second kappa shape index (κ2) is 3.71. The van der Waals surface area contributed by atoms with Crippen LogP contribution in [0.5, 0.6) is 0 Å². The molecule has 0 amide bonds. The minimum Gasteiger partial charge on any atom is -1.00 e. The first kappa shape index (κ1) is 10.4. The molecule has 7 heteroatoms. The van der Waals surface area contributed by atoms with E-state index < -0.39 is 16.1 Å². The van der Waals surface area contributed by atoms with Gasteiger partial charge in [0.25, 0.3) is 0 Å². The summed E-state index contributed by atoms with van der Waals surface area (Å²) in [5.74, 6) is -0.955. The van der Waals surface area contributed by atoms with Crippen LogP contribution >= 0.6 is 0 Å². The van der Waals surface area contributed by atoms with E-state index in [0.29, 0.717) is 13.1 Å². The summed E-state index contributed by atoms with van der Waals surface area (Å²) in [5.41, 5.74) is 0. The average molecular weight is 161 g/mol. The first-order chi connectivity index (χ1) is 4.14. The van der Waals surface area contributed by atoms with E-state index >= 15 is 0 Å². The van der Waals surface area contributed by atoms with Gasteiger partial charge in [0.05, 0.1) is 0 Å². The van der Waals surface area contributed by atoms with Crippen molar-refractivity contribution in [3.63, 3.8) is 0 Å². The van der Waals surface area contributed by atoms with Gasteiger partial charge in [0.15, 0.2) is 5.94 Å². The monoisotopic (exact) mass is 161 g/mol. The molecule has 56 valence electrons. The number of hydroxylamine groups is 2. The van der Waals surface area contributed by atoms with Crippen LogP contribution in [0.4, 0.5) is 0 Å². The van der Waals surface area contributed by atoms with Crippen LogP contribution < -0.4 is 18.9 Å². The zero-order chi connectivity index (χ0) is 6.91. The van der Waals surface area contributed by atoms with Gasteiger partial charge >= 0.3 is 29.0 Å². The Morgan fingerprint density at radius 3 is 2.40 bits per heavy atom. The fraction of sp³-hybridized carbons (Fsp3) is 1.00. The summed E-state index contributed by atoms with van der Waals surface area (Å²) >= 11 is 0. The average Bonchev–Trinajstić information content (AvgIpc) is 2.50. The minimum absolute atomic E-state index is 0. The summed E-state index contributed by atoms with van der Waals surface area (Å²) in [4.78, 5) is 0. The van der Waals surface area contributed by atoms with Crippen molar-refractivity contribution in [3.05, 3.63) is 0 Å². The number of rotatable bonds is 3. The molecule has 0 atom stereocenters. The van der Waals surface area contributed by atoms with Gasteiger partial charge in [-0.25, -0.2) is 0 Å². The van der Waals surface area contributed by atoms with Crippen molar-refractivity contribution in [1.29, 1.82) is 0 Å². The summed E-state index contributed by atoms with van der Waals surface area (Å²) in [5, 5.41) is 9.37. The molecule has 0 aromatic carbocycles. The molecule has 1 saturated heterocycles. The van der Waals surface area contributed by atoms with Crippen LogP contribution in [0.15, 0.2) is 0 Å². The Balaban J connectivity index is 0. The van der Waals surface area contributed by atoms with Crippen molar-refractivity contribution in [1.82, 2.24) is 5.06 Å². The first-order valence-corrected chi connectivity index (χ1v) is 4.00. The van der Waals surface area contributed by atoms with E-state index in [9.17, 15) is 8.42 Å². The summed E-state index contributed by atoms with van der Waals surface area (Å²) in [7, 11) is -3.67. The van der Waals surface area contributed by atoms with Gasteiger partial charge in [-0.05, 0) is 0 Å². The van der Waals surface area contributed by atoms with Gasteiger partial charge in [-0.1, -0.05) is 0 Å². The van der Waals surface area contributed by atoms with E-state index in [1.165, 1.54) is 5.06 Å². The Morgan fingerprint density at radius 2 is 2.10 bits per heavy atom. The van der Waals surface area contributed by atoms with Crippen LogP contribution in [-0.4, -0.2) is 37.6 Å². The molecular weight excluding hydrogens is 153 g/mol. The molecule has 0 unspecified atom stereocenters. The predicted octanol–water partition coefficient (Wildman–Crippen LogP) is -4.37. The maximum absolute atomic E-state index is 10.3. The van der Waals surface area contributed by atoms with Gasteiger partial charge in [-0.15, -0.1) is 0 Å². The van der Waals surface area contributed by atoms with Crippen molar-refractivity contribution in [3.8, 4) is 0 Å². The van der Waals surface area contributed by atoms with Crippen LogP contribution in [0.25, 0.3) is 0 Å². The molecule has 1 heterocycles. The van der Waals surface area contributed by atoms with Crippen molar-refractivity contribution in [2.24, 2.45) is 0 Å². The Labute approximate surface area is 72.7 Å². The van der Waals surface area contributed by atoms with Crippen LogP contribution in [0, 0.1) is 0 Å². The Bertz CT molecular complexity index is 192. The summed E-state index contributed by atoms with van der Waals surface area (Å²) in [6, 6.07) is 0. The second-order valence-corrected chi connectivity index (χ2v) is 3.21. The zero-order valence-corrected chi connectivity index (χ0v) is 6.47. The molecule has 0 aliphatic carbocycles. The topological polar surface area (TPSA) is 66.6 Å². The largest absolute Gasteiger partial charge is 1.00 e. The molecule has 0 bridgehead atoms. The molecule has 0 radical (unpaired) electrons. The number of aliphatic hydroxyl groups is 1. The van der Waals surface area contributed by atoms with E-state index in [-0.39, 0.29) is 20.3 Å². The fourth-order valence-electron chi connectivity index (χ4n) is 0.300. The standard InChI is InChI=1S/C3H7NO4S.Li.H/c5-3-9(6,7)8-4-1-2-4;;/h5H,1-3H2;;/q;+1;-1. The van der Waals surface area contributed by atoms with Crippen LogP contribution in [-0.2, 0) is 14.4 Å². The number of aliphatic hydroxyl groups excluding tert-OH is 1. The Kier molecular flexibility index (Phi) is 3.87. The maximum atomic E-state index is 10.3. The number of hydrogen-bond donors (Lipinski definition) is 1.